The van der Waals surface area contributed by atoms with Gasteiger partial charge in [0.25, 0.3) is 0 Å². The molecule has 1 aromatic rings. The summed E-state index contributed by atoms with van der Waals surface area (Å²) in [6.45, 7) is 4.08. The monoisotopic (exact) mass is 250 g/mol. The van der Waals surface area contributed by atoms with Gasteiger partial charge in [-0.05, 0) is 45.2 Å². The van der Waals surface area contributed by atoms with Crippen LogP contribution in [-0.4, -0.2) is 23.0 Å². The van der Waals surface area contributed by atoms with E-state index in [4.69, 9.17) is 0 Å². The Hall–Kier alpha value is -1.58. The van der Waals surface area contributed by atoms with Gasteiger partial charge in [0.2, 0.25) is 0 Å². The molecule has 1 aliphatic heterocycles. The molecule has 0 radical (unpaired) electrons. The lowest BCUT2D eigenvalue weighted by Crippen LogP contribution is -2.49. The number of halogens is 1. The molecule has 0 aliphatic carbocycles. The Kier molecular flexibility index (Phi) is 3.84. The van der Waals surface area contributed by atoms with Crippen LogP contribution in [-0.2, 0) is 0 Å². The number of likely N-dealkylation sites (tertiary alicyclic amines) is 1. The Morgan fingerprint density at radius 2 is 1.89 bits per heavy atom. The first kappa shape index (κ1) is 12.9. The number of hydrogen-bond donors (Lipinski definition) is 1. The number of hydrogen-bond acceptors (Lipinski definition) is 1. The largest absolute Gasteiger partial charge is 0.322 e. The zero-order valence-corrected chi connectivity index (χ0v) is 10.8. The highest BCUT2D eigenvalue weighted by Crippen LogP contribution is 2.24. The van der Waals surface area contributed by atoms with E-state index in [0.717, 1.165) is 19.3 Å². The van der Waals surface area contributed by atoms with E-state index in [-0.39, 0.29) is 23.8 Å². The summed E-state index contributed by atoms with van der Waals surface area (Å²) in [7, 11) is 0. The maximum absolute atomic E-state index is 13.5. The molecule has 1 heterocycles. The van der Waals surface area contributed by atoms with Crippen molar-refractivity contribution in [1.82, 2.24) is 4.90 Å². The van der Waals surface area contributed by atoms with E-state index in [0.29, 0.717) is 0 Å². The predicted molar refractivity (Wildman–Crippen MR) is 70.0 cm³/mol. The topological polar surface area (TPSA) is 32.3 Å². The average Bonchev–Trinajstić information content (AvgIpc) is 2.32. The number of nitrogens with zero attached hydrogens (tertiary/aromatic N) is 1. The molecule has 1 aliphatic rings. The fourth-order valence-corrected chi connectivity index (χ4v) is 2.56. The van der Waals surface area contributed by atoms with Crippen LogP contribution in [0, 0.1) is 5.82 Å². The third-order valence-electron chi connectivity index (χ3n) is 3.54. The molecule has 4 heteroatoms. The van der Waals surface area contributed by atoms with E-state index < -0.39 is 5.82 Å². The summed E-state index contributed by atoms with van der Waals surface area (Å²) in [6, 6.07) is 6.45. The van der Waals surface area contributed by atoms with Gasteiger partial charge in [0.1, 0.15) is 5.82 Å². The summed E-state index contributed by atoms with van der Waals surface area (Å²) in [5.41, 5.74) is 0.243. The molecule has 18 heavy (non-hydrogen) atoms. The minimum Gasteiger partial charge on any atom is -0.319 e. The first-order valence-electron chi connectivity index (χ1n) is 6.43. The van der Waals surface area contributed by atoms with Crippen molar-refractivity contribution in [1.29, 1.82) is 0 Å². The molecule has 0 spiro atoms. The lowest BCUT2D eigenvalue weighted by Gasteiger charge is -2.38. The Morgan fingerprint density at radius 1 is 1.28 bits per heavy atom. The number of anilines is 1. The van der Waals surface area contributed by atoms with Crippen LogP contribution in [0.5, 0.6) is 0 Å². The van der Waals surface area contributed by atoms with Crippen LogP contribution in [0.2, 0.25) is 0 Å². The first-order chi connectivity index (χ1) is 8.59. The highest BCUT2D eigenvalue weighted by Gasteiger charge is 2.29. The molecular weight excluding hydrogens is 231 g/mol. The van der Waals surface area contributed by atoms with Gasteiger partial charge in [-0.2, -0.15) is 0 Å². The van der Waals surface area contributed by atoms with E-state index in [1.807, 2.05) is 18.7 Å². The Morgan fingerprint density at radius 3 is 2.50 bits per heavy atom. The van der Waals surface area contributed by atoms with Crippen molar-refractivity contribution in [3.63, 3.8) is 0 Å². The summed E-state index contributed by atoms with van der Waals surface area (Å²) < 4.78 is 13.5. The summed E-state index contributed by atoms with van der Waals surface area (Å²) >= 11 is 0. The highest BCUT2D eigenvalue weighted by molar-refractivity contribution is 5.89. The van der Waals surface area contributed by atoms with Crippen LogP contribution in [0.25, 0.3) is 0 Å². The standard InChI is InChI=1S/C14H19FN2O/c1-10-6-5-7-11(2)17(10)14(18)16-13-9-4-3-8-12(13)15/h3-4,8-11H,5-7H2,1-2H3,(H,16,18)/t10-,11-/m0/s1. The van der Waals surface area contributed by atoms with Gasteiger partial charge in [-0.3, -0.25) is 0 Å². The third-order valence-corrected chi connectivity index (χ3v) is 3.54. The first-order valence-corrected chi connectivity index (χ1v) is 6.43. The molecule has 3 nitrogen and oxygen atoms in total. The summed E-state index contributed by atoms with van der Waals surface area (Å²) in [6.07, 6.45) is 3.16. The Bertz CT molecular complexity index is 426. The van der Waals surface area contributed by atoms with Crippen LogP contribution in [0.4, 0.5) is 14.9 Å². The summed E-state index contributed by atoms with van der Waals surface area (Å²) in [5, 5.41) is 2.65. The molecule has 1 N–H and O–H groups in total. The number of carbonyl (C=O) groups excluding carboxylic acids is 1. The second kappa shape index (κ2) is 5.38. The molecule has 98 valence electrons. The lowest BCUT2D eigenvalue weighted by molar-refractivity contribution is 0.133. The van der Waals surface area contributed by atoms with E-state index in [1.54, 1.807) is 18.2 Å². The van der Waals surface area contributed by atoms with E-state index in [2.05, 4.69) is 5.32 Å². The summed E-state index contributed by atoms with van der Waals surface area (Å²) in [4.78, 5) is 14.0. The normalized spacial score (nSPS) is 23.8. The highest BCUT2D eigenvalue weighted by atomic mass is 19.1. The molecule has 2 rings (SSSR count). The summed E-state index contributed by atoms with van der Waals surface area (Å²) in [5.74, 6) is -0.400. The van der Waals surface area contributed by atoms with E-state index >= 15 is 0 Å². The predicted octanol–water partition coefficient (Wildman–Crippen LogP) is 3.62. The van der Waals surface area contributed by atoms with Crippen molar-refractivity contribution in [3.05, 3.63) is 30.1 Å². The fourth-order valence-electron chi connectivity index (χ4n) is 2.56. The van der Waals surface area contributed by atoms with Gasteiger partial charge in [-0.15, -0.1) is 0 Å². The Balaban J connectivity index is 2.09. The van der Waals surface area contributed by atoms with Crippen LogP contribution in [0.15, 0.2) is 24.3 Å². The minimum atomic E-state index is -0.400. The van der Waals surface area contributed by atoms with Gasteiger partial charge in [-0.25, -0.2) is 9.18 Å². The second-order valence-corrected chi connectivity index (χ2v) is 4.95. The van der Waals surface area contributed by atoms with Crippen molar-refractivity contribution in [2.24, 2.45) is 0 Å². The molecule has 1 fully saturated rings. The average molecular weight is 250 g/mol. The number of rotatable bonds is 1. The number of amides is 2. The molecule has 1 aromatic carbocycles. The molecular formula is C14H19FN2O. The quantitative estimate of drug-likeness (QED) is 0.811. The van der Waals surface area contributed by atoms with E-state index in [1.165, 1.54) is 6.07 Å². The number of urea groups is 1. The number of piperidine rings is 1. The van der Waals surface area contributed by atoms with Crippen molar-refractivity contribution in [2.45, 2.75) is 45.2 Å². The zero-order valence-electron chi connectivity index (χ0n) is 10.8. The maximum Gasteiger partial charge on any atom is 0.322 e. The van der Waals surface area contributed by atoms with Gasteiger partial charge in [0.05, 0.1) is 5.69 Å². The Labute approximate surface area is 107 Å². The van der Waals surface area contributed by atoms with Crippen molar-refractivity contribution in [2.75, 3.05) is 5.32 Å². The number of para-hydroxylation sites is 1. The lowest BCUT2D eigenvalue weighted by atomic mass is 9.98. The third kappa shape index (κ3) is 2.63. The molecule has 2 atom stereocenters. The van der Waals surface area contributed by atoms with Crippen molar-refractivity contribution in [3.8, 4) is 0 Å². The number of benzene rings is 1. The maximum atomic E-state index is 13.5. The molecule has 0 saturated carbocycles. The van der Waals surface area contributed by atoms with Crippen LogP contribution in [0.1, 0.15) is 33.1 Å². The molecule has 1 saturated heterocycles. The molecule has 0 unspecified atom stereocenters. The molecule has 2 amide bonds. The number of carbonyl (C=O) groups is 1. The zero-order chi connectivity index (χ0) is 13.1. The van der Waals surface area contributed by atoms with Crippen molar-refractivity contribution >= 4 is 11.7 Å². The van der Waals surface area contributed by atoms with E-state index in [9.17, 15) is 9.18 Å². The van der Waals surface area contributed by atoms with Crippen LogP contribution in [0.3, 0.4) is 0 Å². The molecule has 0 bridgehead atoms. The van der Waals surface area contributed by atoms with Gasteiger partial charge < -0.3 is 10.2 Å². The van der Waals surface area contributed by atoms with Gasteiger partial charge >= 0.3 is 6.03 Å². The molecule has 0 aromatic heterocycles. The van der Waals surface area contributed by atoms with Crippen LogP contribution < -0.4 is 5.32 Å². The van der Waals surface area contributed by atoms with Gasteiger partial charge in [-0.1, -0.05) is 12.1 Å². The van der Waals surface area contributed by atoms with Crippen molar-refractivity contribution < 1.29 is 9.18 Å². The smallest absolute Gasteiger partial charge is 0.319 e. The SMILES string of the molecule is C[C@H]1CCC[C@H](C)N1C(=O)Nc1ccccc1F. The van der Waals surface area contributed by atoms with Gasteiger partial charge in [0, 0.05) is 12.1 Å². The number of nitrogens with one attached hydrogen (secondary N) is 1. The van der Waals surface area contributed by atoms with Crippen LogP contribution >= 0.6 is 0 Å². The minimum absolute atomic E-state index is 0.209. The fraction of sp³-hybridized carbons (Fsp3) is 0.500. The second-order valence-electron chi connectivity index (χ2n) is 4.95. The van der Waals surface area contributed by atoms with Gasteiger partial charge in [0.15, 0.2) is 0 Å².